The molecule has 0 spiro atoms. The average molecular weight is 336 g/mol. The molecule has 0 aliphatic rings. The van der Waals surface area contributed by atoms with E-state index in [4.69, 9.17) is 28.3 Å². The van der Waals surface area contributed by atoms with E-state index in [1.165, 1.54) is 36.3 Å². The van der Waals surface area contributed by atoms with Crippen LogP contribution in [0.4, 0.5) is 0 Å². The molecule has 2 N–H and O–H groups in total. The van der Waals surface area contributed by atoms with Crippen molar-refractivity contribution in [3.8, 4) is 0 Å². The van der Waals surface area contributed by atoms with Crippen LogP contribution in [0.15, 0.2) is 45.4 Å². The Bertz CT molecular complexity index is 705. The number of benzene rings is 1. The molecule has 1 aromatic heterocycles. The van der Waals surface area contributed by atoms with Crippen molar-refractivity contribution in [1.82, 2.24) is 9.97 Å². The first kappa shape index (κ1) is 14.5. The highest BCUT2D eigenvalue weighted by atomic mass is 35.5. The van der Waals surface area contributed by atoms with Gasteiger partial charge in [-0.25, -0.2) is 23.5 Å². The van der Waals surface area contributed by atoms with E-state index in [9.17, 15) is 8.42 Å². The summed E-state index contributed by atoms with van der Waals surface area (Å²) in [4.78, 5) is 8.43. The van der Waals surface area contributed by atoms with Gasteiger partial charge in [0.2, 0.25) is 10.0 Å². The normalized spacial score (nSPS) is 11.5. The first-order valence-corrected chi connectivity index (χ1v) is 7.96. The molecule has 0 radical (unpaired) electrons. The van der Waals surface area contributed by atoms with Gasteiger partial charge in [-0.2, -0.15) is 0 Å². The maximum Gasteiger partial charge on any atom is 0.239 e. The van der Waals surface area contributed by atoms with Gasteiger partial charge < -0.3 is 0 Å². The zero-order valence-corrected chi connectivity index (χ0v) is 12.4. The zero-order valence-electron chi connectivity index (χ0n) is 9.25. The number of rotatable bonds is 3. The number of hydrogen-bond acceptors (Lipinski definition) is 5. The van der Waals surface area contributed by atoms with E-state index >= 15 is 0 Å². The fraction of sp³-hybridized carbons (Fsp3) is 0. The molecule has 0 aliphatic heterocycles. The van der Waals surface area contributed by atoms with Crippen LogP contribution in [0.3, 0.4) is 0 Å². The zero-order chi connectivity index (χ0) is 14.0. The van der Waals surface area contributed by atoms with Crippen LogP contribution in [0.25, 0.3) is 0 Å². The minimum atomic E-state index is -3.86. The Hall–Kier alpha value is -0.860. The van der Waals surface area contributed by atoms with Gasteiger partial charge in [0.25, 0.3) is 0 Å². The number of sulfonamides is 1. The molecule has 0 saturated carbocycles. The summed E-state index contributed by atoms with van der Waals surface area (Å²) < 4.78 is 22.7. The van der Waals surface area contributed by atoms with Crippen LogP contribution < -0.4 is 5.14 Å². The van der Waals surface area contributed by atoms with Crippen molar-refractivity contribution in [2.75, 3.05) is 0 Å². The molecule has 1 heterocycles. The van der Waals surface area contributed by atoms with Gasteiger partial charge in [0.15, 0.2) is 0 Å². The van der Waals surface area contributed by atoms with Crippen molar-refractivity contribution in [1.29, 1.82) is 0 Å². The van der Waals surface area contributed by atoms with Crippen molar-refractivity contribution in [2.45, 2.75) is 14.8 Å². The standard InChI is InChI=1S/C10H7Cl2N3O2S2/c11-7-2-1-6(3-8(7)19(13,16)17)18-10-5-14-9(12)4-15-10/h1-5H,(H2,13,16,17). The van der Waals surface area contributed by atoms with E-state index in [2.05, 4.69) is 9.97 Å². The number of halogens is 2. The Balaban J connectivity index is 2.34. The lowest BCUT2D eigenvalue weighted by Gasteiger charge is -2.05. The van der Waals surface area contributed by atoms with Crippen LogP contribution in [0.2, 0.25) is 10.2 Å². The molecule has 0 bridgehead atoms. The SMILES string of the molecule is NS(=O)(=O)c1cc(Sc2cnc(Cl)cn2)ccc1Cl. The molecule has 19 heavy (non-hydrogen) atoms. The predicted octanol–water partition coefficient (Wildman–Crippen LogP) is 2.58. The van der Waals surface area contributed by atoms with Crippen LogP contribution in [0.5, 0.6) is 0 Å². The second kappa shape index (κ2) is 5.64. The van der Waals surface area contributed by atoms with Gasteiger partial charge in [0, 0.05) is 4.90 Å². The lowest BCUT2D eigenvalue weighted by atomic mass is 10.4. The van der Waals surface area contributed by atoms with E-state index in [1.807, 2.05) is 0 Å². The Labute approximate surface area is 124 Å². The summed E-state index contributed by atoms with van der Waals surface area (Å²) >= 11 is 12.6. The van der Waals surface area contributed by atoms with Gasteiger partial charge in [0.1, 0.15) is 15.1 Å². The van der Waals surface area contributed by atoms with Crippen LogP contribution in [0.1, 0.15) is 0 Å². The Morgan fingerprint density at radius 1 is 1.16 bits per heavy atom. The van der Waals surface area contributed by atoms with E-state index in [0.717, 1.165) is 0 Å². The Kier molecular flexibility index (Phi) is 4.32. The molecule has 2 aromatic rings. The largest absolute Gasteiger partial charge is 0.245 e. The molecule has 100 valence electrons. The molecule has 0 aliphatic carbocycles. The predicted molar refractivity (Wildman–Crippen MR) is 74.0 cm³/mol. The van der Waals surface area contributed by atoms with E-state index in [1.54, 1.807) is 6.07 Å². The quantitative estimate of drug-likeness (QED) is 0.931. The van der Waals surface area contributed by atoms with Gasteiger partial charge in [-0.05, 0) is 18.2 Å². The lowest BCUT2D eigenvalue weighted by molar-refractivity contribution is 0.597. The molecule has 9 heteroatoms. The third-order valence-corrected chi connectivity index (χ3v) is 4.53. The van der Waals surface area contributed by atoms with E-state index in [0.29, 0.717) is 9.92 Å². The van der Waals surface area contributed by atoms with Crippen LogP contribution in [0, 0.1) is 0 Å². The summed E-state index contributed by atoms with van der Waals surface area (Å²) in [7, 11) is -3.86. The lowest BCUT2D eigenvalue weighted by Crippen LogP contribution is -2.12. The third-order valence-electron chi connectivity index (χ3n) is 2.03. The van der Waals surface area contributed by atoms with Crippen molar-refractivity contribution in [3.63, 3.8) is 0 Å². The molecule has 0 atom stereocenters. The fourth-order valence-corrected chi connectivity index (χ4v) is 3.25. The number of nitrogens with two attached hydrogens (primary N) is 1. The minimum Gasteiger partial charge on any atom is -0.245 e. The molecule has 0 saturated heterocycles. The highest BCUT2D eigenvalue weighted by Crippen LogP contribution is 2.30. The Morgan fingerprint density at radius 2 is 1.89 bits per heavy atom. The minimum absolute atomic E-state index is 0.0778. The molecular weight excluding hydrogens is 329 g/mol. The van der Waals surface area contributed by atoms with Gasteiger partial charge in [-0.15, -0.1) is 0 Å². The summed E-state index contributed by atoms with van der Waals surface area (Å²) in [5, 5.41) is 6.01. The molecule has 0 unspecified atom stereocenters. The molecule has 1 aromatic carbocycles. The molecule has 0 amide bonds. The number of aromatic nitrogens is 2. The van der Waals surface area contributed by atoms with Gasteiger partial charge in [0.05, 0.1) is 17.4 Å². The fourth-order valence-electron chi connectivity index (χ4n) is 1.24. The van der Waals surface area contributed by atoms with Crippen LogP contribution >= 0.6 is 35.0 Å². The van der Waals surface area contributed by atoms with Gasteiger partial charge in [-0.3, -0.25) is 0 Å². The summed E-state index contributed by atoms with van der Waals surface area (Å²) in [6.45, 7) is 0. The smallest absolute Gasteiger partial charge is 0.239 e. The monoisotopic (exact) mass is 335 g/mol. The summed E-state index contributed by atoms with van der Waals surface area (Å²) in [5.74, 6) is 0. The van der Waals surface area contributed by atoms with Crippen molar-refractivity contribution < 1.29 is 8.42 Å². The molecule has 0 fully saturated rings. The van der Waals surface area contributed by atoms with Crippen molar-refractivity contribution in [3.05, 3.63) is 40.8 Å². The van der Waals surface area contributed by atoms with Crippen molar-refractivity contribution >= 4 is 45.0 Å². The molecule has 2 rings (SSSR count). The Morgan fingerprint density at radius 3 is 2.47 bits per heavy atom. The number of hydrogen-bond donors (Lipinski definition) is 1. The third kappa shape index (κ3) is 3.80. The second-order valence-electron chi connectivity index (χ2n) is 3.42. The van der Waals surface area contributed by atoms with Gasteiger partial charge in [-0.1, -0.05) is 35.0 Å². The first-order chi connectivity index (χ1) is 8.86. The maximum atomic E-state index is 11.3. The topological polar surface area (TPSA) is 85.9 Å². The highest BCUT2D eigenvalue weighted by Gasteiger charge is 2.14. The van der Waals surface area contributed by atoms with E-state index < -0.39 is 10.0 Å². The average Bonchev–Trinajstić information content (AvgIpc) is 2.33. The molecule has 5 nitrogen and oxygen atoms in total. The van der Waals surface area contributed by atoms with Crippen LogP contribution in [-0.2, 0) is 10.0 Å². The maximum absolute atomic E-state index is 11.3. The van der Waals surface area contributed by atoms with Gasteiger partial charge >= 0.3 is 0 Å². The number of nitrogens with zero attached hydrogens (tertiary/aromatic N) is 2. The summed E-state index contributed by atoms with van der Waals surface area (Å²) in [5.41, 5.74) is 0. The summed E-state index contributed by atoms with van der Waals surface area (Å²) in [6.07, 6.45) is 2.89. The number of primary sulfonamides is 1. The first-order valence-electron chi connectivity index (χ1n) is 4.84. The highest BCUT2D eigenvalue weighted by molar-refractivity contribution is 7.99. The van der Waals surface area contributed by atoms with Crippen LogP contribution in [-0.4, -0.2) is 18.4 Å². The summed E-state index contributed by atoms with van der Waals surface area (Å²) in [6, 6.07) is 4.52. The second-order valence-corrected chi connectivity index (χ2v) is 6.83. The van der Waals surface area contributed by atoms with Crippen molar-refractivity contribution in [2.24, 2.45) is 5.14 Å². The van der Waals surface area contributed by atoms with E-state index in [-0.39, 0.29) is 15.1 Å². The molecular formula is C10H7Cl2N3O2S2.